The van der Waals surface area contributed by atoms with Gasteiger partial charge in [-0.05, 0) is 60.0 Å². The second-order valence-electron chi connectivity index (χ2n) is 9.24. The van der Waals surface area contributed by atoms with E-state index in [1.807, 2.05) is 97.9 Å². The molecule has 0 fully saturated rings. The Bertz CT molecular complexity index is 1640. The van der Waals surface area contributed by atoms with Crippen LogP contribution in [0.4, 0.5) is 0 Å². The normalized spacial score (nSPS) is 11.3. The number of carbonyl (C=O) groups excluding carboxylic acids is 2. The molecule has 5 aromatic rings. The van der Waals surface area contributed by atoms with Gasteiger partial charge in [-0.2, -0.15) is 0 Å². The van der Waals surface area contributed by atoms with Gasteiger partial charge in [0.2, 0.25) is 0 Å². The minimum absolute atomic E-state index is 0.167. The van der Waals surface area contributed by atoms with Gasteiger partial charge in [-0.3, -0.25) is 4.79 Å². The maximum absolute atomic E-state index is 13.6. The Kier molecular flexibility index (Phi) is 7.97. The number of fused-ring (bicyclic) bond motifs is 2. The molecule has 0 heterocycles. The van der Waals surface area contributed by atoms with Gasteiger partial charge in [-0.1, -0.05) is 91.0 Å². The Morgan fingerprint density at radius 3 is 1.61 bits per heavy atom. The van der Waals surface area contributed by atoms with Gasteiger partial charge in [0.25, 0.3) is 5.91 Å². The summed E-state index contributed by atoms with van der Waals surface area (Å²) in [5, 5.41) is 16.7. The number of carboxylic acids is 1. The van der Waals surface area contributed by atoms with Crippen LogP contribution in [-0.4, -0.2) is 22.8 Å². The highest BCUT2D eigenvalue weighted by atomic mass is 16.4. The minimum atomic E-state index is -1.03. The van der Waals surface area contributed by atoms with Gasteiger partial charge in [0.05, 0.1) is 11.6 Å². The van der Waals surface area contributed by atoms with E-state index >= 15 is 0 Å². The third-order valence-corrected chi connectivity index (χ3v) is 6.23. The molecule has 0 radical (unpaired) electrons. The molecule has 0 aliphatic rings. The Morgan fingerprint density at radius 2 is 1.08 bits per heavy atom. The first-order valence-electron chi connectivity index (χ1n) is 12.4. The second-order valence-corrected chi connectivity index (χ2v) is 9.24. The maximum Gasteiger partial charge on any atom is 0.336 e. The lowest BCUT2D eigenvalue weighted by Gasteiger charge is -2.20. The SMILES string of the molecule is CC(C)=O.C[C@H](NC(=O)c1ccc2ccccc2c1-c1c(C(=O)O)ccc2ccccc12)c1ccccc1. The predicted molar refractivity (Wildman–Crippen MR) is 153 cm³/mol. The lowest BCUT2D eigenvalue weighted by Crippen LogP contribution is -2.27. The molecule has 0 saturated heterocycles. The molecule has 5 rings (SSSR count). The first-order chi connectivity index (χ1) is 18.3. The van der Waals surface area contributed by atoms with Crippen LogP contribution < -0.4 is 5.32 Å². The van der Waals surface area contributed by atoms with Crippen molar-refractivity contribution in [2.45, 2.75) is 26.8 Å². The van der Waals surface area contributed by atoms with Gasteiger partial charge in [0.1, 0.15) is 5.78 Å². The molecule has 5 heteroatoms. The number of rotatable bonds is 5. The van der Waals surface area contributed by atoms with Crippen LogP contribution in [0, 0.1) is 0 Å². The highest BCUT2D eigenvalue weighted by Gasteiger charge is 2.23. The summed E-state index contributed by atoms with van der Waals surface area (Å²) in [6, 6.07) is 32.1. The Hall–Kier alpha value is -4.77. The number of nitrogens with one attached hydrogen (secondary N) is 1. The number of ketones is 1. The molecule has 0 bridgehead atoms. The smallest absolute Gasteiger partial charge is 0.336 e. The maximum atomic E-state index is 13.6. The van der Waals surface area contributed by atoms with Gasteiger partial charge >= 0.3 is 5.97 Å². The van der Waals surface area contributed by atoms with E-state index in [1.165, 1.54) is 13.8 Å². The van der Waals surface area contributed by atoms with Crippen LogP contribution in [0.15, 0.2) is 103 Å². The van der Waals surface area contributed by atoms with Crippen molar-refractivity contribution in [3.05, 3.63) is 120 Å². The van der Waals surface area contributed by atoms with E-state index in [9.17, 15) is 19.5 Å². The third kappa shape index (κ3) is 5.62. The molecule has 190 valence electrons. The summed E-state index contributed by atoms with van der Waals surface area (Å²) in [7, 11) is 0. The van der Waals surface area contributed by atoms with Crippen molar-refractivity contribution >= 4 is 39.2 Å². The molecular formula is C33H29NO4. The summed E-state index contributed by atoms with van der Waals surface area (Å²) in [5.41, 5.74) is 2.79. The zero-order chi connectivity index (χ0) is 27.2. The van der Waals surface area contributed by atoms with E-state index in [4.69, 9.17) is 0 Å². The number of Topliss-reactive ketones (excluding diaryl/α,β-unsaturated/α-hetero) is 1. The zero-order valence-corrected chi connectivity index (χ0v) is 21.6. The molecule has 0 saturated carbocycles. The minimum Gasteiger partial charge on any atom is -0.478 e. The molecule has 5 nitrogen and oxygen atoms in total. The number of carboxylic acid groups (broad SMARTS) is 1. The van der Waals surface area contributed by atoms with Crippen molar-refractivity contribution < 1.29 is 19.5 Å². The van der Waals surface area contributed by atoms with Crippen molar-refractivity contribution in [1.29, 1.82) is 0 Å². The van der Waals surface area contributed by atoms with E-state index in [1.54, 1.807) is 12.1 Å². The molecule has 1 amide bonds. The summed E-state index contributed by atoms with van der Waals surface area (Å²) in [6.45, 7) is 4.99. The molecular weight excluding hydrogens is 474 g/mol. The Labute approximate surface area is 221 Å². The molecule has 38 heavy (non-hydrogen) atoms. The molecule has 0 aromatic heterocycles. The average molecular weight is 504 g/mol. The van der Waals surface area contributed by atoms with Crippen LogP contribution in [0.25, 0.3) is 32.7 Å². The quantitative estimate of drug-likeness (QED) is 0.261. The van der Waals surface area contributed by atoms with Crippen molar-refractivity contribution in [1.82, 2.24) is 5.32 Å². The van der Waals surface area contributed by atoms with E-state index in [0.717, 1.165) is 27.1 Å². The van der Waals surface area contributed by atoms with Gasteiger partial charge in [0.15, 0.2) is 0 Å². The van der Waals surface area contributed by atoms with E-state index < -0.39 is 5.97 Å². The first kappa shape index (κ1) is 26.3. The monoisotopic (exact) mass is 503 g/mol. The lowest BCUT2D eigenvalue weighted by atomic mass is 9.86. The van der Waals surface area contributed by atoms with Crippen molar-refractivity contribution in [2.75, 3.05) is 0 Å². The van der Waals surface area contributed by atoms with E-state index in [0.29, 0.717) is 16.7 Å². The highest BCUT2D eigenvalue weighted by Crippen LogP contribution is 2.39. The lowest BCUT2D eigenvalue weighted by molar-refractivity contribution is -0.115. The number of hydrogen-bond donors (Lipinski definition) is 2. The molecule has 0 aliphatic heterocycles. The van der Waals surface area contributed by atoms with Crippen LogP contribution in [0.5, 0.6) is 0 Å². The Balaban J connectivity index is 0.000000786. The summed E-state index contributed by atoms with van der Waals surface area (Å²) in [4.78, 5) is 35.4. The van der Waals surface area contributed by atoms with E-state index in [-0.39, 0.29) is 23.3 Å². The number of amides is 1. The molecule has 0 spiro atoms. The van der Waals surface area contributed by atoms with Crippen molar-refractivity contribution in [2.24, 2.45) is 0 Å². The number of carbonyl (C=O) groups is 3. The van der Waals surface area contributed by atoms with Crippen LogP contribution in [0.2, 0.25) is 0 Å². The number of aromatic carboxylic acids is 1. The van der Waals surface area contributed by atoms with Crippen LogP contribution in [0.3, 0.4) is 0 Å². The molecule has 0 unspecified atom stereocenters. The Morgan fingerprint density at radius 1 is 0.632 bits per heavy atom. The highest BCUT2D eigenvalue weighted by molar-refractivity contribution is 6.18. The molecule has 0 aliphatic carbocycles. The fraction of sp³-hybridized carbons (Fsp3) is 0.121. The van der Waals surface area contributed by atoms with Crippen molar-refractivity contribution in [3.63, 3.8) is 0 Å². The van der Waals surface area contributed by atoms with Crippen LogP contribution in [0.1, 0.15) is 53.1 Å². The molecule has 2 N–H and O–H groups in total. The number of benzene rings is 5. The largest absolute Gasteiger partial charge is 0.478 e. The second kappa shape index (κ2) is 11.5. The number of hydrogen-bond acceptors (Lipinski definition) is 3. The fourth-order valence-electron chi connectivity index (χ4n) is 4.55. The van der Waals surface area contributed by atoms with Crippen LogP contribution >= 0.6 is 0 Å². The first-order valence-corrected chi connectivity index (χ1v) is 12.4. The zero-order valence-electron chi connectivity index (χ0n) is 21.6. The van der Waals surface area contributed by atoms with Gasteiger partial charge in [-0.25, -0.2) is 4.79 Å². The van der Waals surface area contributed by atoms with Crippen molar-refractivity contribution in [3.8, 4) is 11.1 Å². The standard InChI is InChI=1S/C30H23NO3.C3H6O/c1-19(20-9-3-2-4-10-20)31-29(32)25-17-15-21-11-5-7-13-23(21)27(25)28-24-14-8-6-12-22(24)16-18-26(28)30(33)34;1-3(2)4/h2-19H,1H3,(H,31,32)(H,33,34);1-2H3/t19-;/m0./s1. The predicted octanol–water partition coefficient (Wildman–Crippen LogP) is 7.44. The summed E-state index contributed by atoms with van der Waals surface area (Å²) >= 11 is 0. The van der Waals surface area contributed by atoms with Gasteiger partial charge in [-0.15, -0.1) is 0 Å². The topological polar surface area (TPSA) is 83.5 Å². The van der Waals surface area contributed by atoms with Gasteiger partial charge in [0, 0.05) is 16.7 Å². The third-order valence-electron chi connectivity index (χ3n) is 6.23. The molecule has 1 atom stereocenters. The summed E-state index contributed by atoms with van der Waals surface area (Å²) < 4.78 is 0. The van der Waals surface area contributed by atoms with E-state index in [2.05, 4.69) is 5.32 Å². The van der Waals surface area contributed by atoms with Crippen LogP contribution in [-0.2, 0) is 4.79 Å². The summed E-state index contributed by atoms with van der Waals surface area (Å²) in [6.07, 6.45) is 0. The van der Waals surface area contributed by atoms with Gasteiger partial charge < -0.3 is 15.2 Å². The molecule has 5 aromatic carbocycles. The average Bonchev–Trinajstić information content (AvgIpc) is 2.92. The summed E-state index contributed by atoms with van der Waals surface area (Å²) in [5.74, 6) is -1.11. The fourth-order valence-corrected chi connectivity index (χ4v) is 4.55.